The van der Waals surface area contributed by atoms with Crippen molar-refractivity contribution in [3.63, 3.8) is 0 Å². The third kappa shape index (κ3) is 11.6. The second-order valence-corrected chi connectivity index (χ2v) is 3.83. The van der Waals surface area contributed by atoms with Crippen molar-refractivity contribution in [3.8, 4) is 11.8 Å². The normalized spacial score (nSPS) is 9.57. The van der Waals surface area contributed by atoms with Crippen LogP contribution in [0.25, 0.3) is 0 Å². The first-order valence-corrected chi connectivity index (χ1v) is 6.16. The number of hydrogen-bond donors (Lipinski definition) is 0. The molecule has 0 saturated carbocycles. The summed E-state index contributed by atoms with van der Waals surface area (Å²) in [4.78, 5) is 0. The second kappa shape index (κ2) is 12.6. The summed E-state index contributed by atoms with van der Waals surface area (Å²) in [5.41, 5.74) is 0. The van der Waals surface area contributed by atoms with Crippen molar-refractivity contribution in [2.75, 3.05) is 0 Å². The quantitative estimate of drug-likeness (QED) is 0.385. The molecule has 0 aliphatic heterocycles. The molecule has 0 unspecified atom stereocenters. The summed E-state index contributed by atoms with van der Waals surface area (Å²) in [5, 5.41) is 0. The van der Waals surface area contributed by atoms with E-state index in [0.717, 1.165) is 19.3 Å². The van der Waals surface area contributed by atoms with E-state index in [-0.39, 0.29) is 0 Å². The minimum absolute atomic E-state index is 1.05. The van der Waals surface area contributed by atoms with Gasteiger partial charge in [0.1, 0.15) is 0 Å². The summed E-state index contributed by atoms with van der Waals surface area (Å²) >= 11 is 0. The maximum atomic E-state index is 3.81. The molecule has 0 spiro atoms. The Hall–Kier alpha value is -0.440. The lowest BCUT2D eigenvalue weighted by molar-refractivity contribution is 0.641. The summed E-state index contributed by atoms with van der Waals surface area (Å²) < 4.78 is 0. The average Bonchev–Trinajstić information content (AvgIpc) is 2.21. The summed E-state index contributed by atoms with van der Waals surface area (Å²) in [6, 6.07) is 0. The van der Waals surface area contributed by atoms with Gasteiger partial charge in [-0.2, -0.15) is 0 Å². The van der Waals surface area contributed by atoms with Gasteiger partial charge >= 0.3 is 0 Å². The zero-order valence-electron chi connectivity index (χ0n) is 9.78. The highest BCUT2D eigenvalue weighted by Crippen LogP contribution is 2.04. The molecule has 0 aromatic carbocycles. The van der Waals surface area contributed by atoms with Crippen LogP contribution in [0.1, 0.15) is 71.1 Å². The Bertz CT molecular complexity index is 147. The van der Waals surface area contributed by atoms with Gasteiger partial charge in [0.05, 0.1) is 0 Å². The molecule has 0 bridgehead atoms. The van der Waals surface area contributed by atoms with E-state index in [9.17, 15) is 0 Å². The molecular weight excluding hydrogens is 168 g/mol. The minimum Gasteiger partial charge on any atom is -0.103 e. The van der Waals surface area contributed by atoms with Gasteiger partial charge in [-0.15, -0.1) is 11.8 Å². The highest BCUT2D eigenvalue weighted by atomic mass is 13.9. The zero-order chi connectivity index (χ0) is 10.5. The lowest BCUT2D eigenvalue weighted by atomic mass is 10.1. The van der Waals surface area contributed by atoms with Crippen LogP contribution < -0.4 is 0 Å². The molecule has 0 aliphatic rings. The molecule has 0 heterocycles. The first-order chi connectivity index (χ1) is 6.91. The largest absolute Gasteiger partial charge is 0.103 e. The molecule has 0 amide bonds. The molecule has 0 aromatic heterocycles. The van der Waals surface area contributed by atoms with Crippen LogP contribution in [0.15, 0.2) is 0 Å². The monoisotopic (exact) mass is 193 g/mol. The van der Waals surface area contributed by atoms with E-state index in [1.165, 1.54) is 44.9 Å². The van der Waals surface area contributed by atoms with Gasteiger partial charge in [0.15, 0.2) is 0 Å². The fourth-order valence-corrected chi connectivity index (χ4v) is 1.38. The van der Waals surface area contributed by atoms with Crippen molar-refractivity contribution in [2.24, 2.45) is 0 Å². The number of rotatable bonds is 8. The van der Waals surface area contributed by atoms with Gasteiger partial charge in [-0.1, -0.05) is 52.4 Å². The van der Waals surface area contributed by atoms with E-state index >= 15 is 0 Å². The van der Waals surface area contributed by atoms with Crippen LogP contribution in [0.2, 0.25) is 0 Å². The van der Waals surface area contributed by atoms with Crippen LogP contribution in [0.3, 0.4) is 0 Å². The van der Waals surface area contributed by atoms with E-state index < -0.39 is 0 Å². The predicted molar refractivity (Wildman–Crippen MR) is 65.0 cm³/mol. The molecule has 0 atom stereocenters. The predicted octanol–water partition coefficient (Wildman–Crippen LogP) is 4.74. The molecule has 0 saturated heterocycles. The standard InChI is InChI=1S/C14H25/c1-3-5-7-9-11-13-14-12-10-8-6-4-2/h1,3-10,12,14H2,2H3. The molecular formula is C14H25. The molecule has 0 N–H and O–H groups in total. The molecule has 0 nitrogen and oxygen atoms in total. The van der Waals surface area contributed by atoms with Crippen molar-refractivity contribution >= 4 is 0 Å². The zero-order valence-corrected chi connectivity index (χ0v) is 9.78. The summed E-state index contributed by atoms with van der Waals surface area (Å²) in [6.07, 6.45) is 12.5. The van der Waals surface area contributed by atoms with Crippen molar-refractivity contribution in [1.82, 2.24) is 0 Å². The Morgan fingerprint density at radius 2 is 1.36 bits per heavy atom. The SMILES string of the molecule is [CH2]CCCCC#CCCCCCCC. The average molecular weight is 193 g/mol. The smallest absolute Gasteiger partial charge is 0.00886 e. The van der Waals surface area contributed by atoms with Gasteiger partial charge < -0.3 is 0 Å². The van der Waals surface area contributed by atoms with Crippen LogP contribution in [-0.4, -0.2) is 0 Å². The highest BCUT2D eigenvalue weighted by molar-refractivity contribution is 4.98. The highest BCUT2D eigenvalue weighted by Gasteiger charge is 1.86. The summed E-state index contributed by atoms with van der Waals surface area (Å²) in [5.74, 6) is 6.48. The van der Waals surface area contributed by atoms with E-state index in [1.807, 2.05) is 0 Å². The van der Waals surface area contributed by atoms with E-state index in [1.54, 1.807) is 0 Å². The molecule has 0 fully saturated rings. The Balaban J connectivity index is 3.02. The van der Waals surface area contributed by atoms with E-state index in [4.69, 9.17) is 0 Å². The van der Waals surface area contributed by atoms with Gasteiger partial charge in [-0.05, 0) is 12.8 Å². The van der Waals surface area contributed by atoms with E-state index in [2.05, 4.69) is 25.7 Å². The fraction of sp³-hybridized carbons (Fsp3) is 0.786. The maximum Gasteiger partial charge on any atom is 0.00886 e. The number of hydrogen-bond acceptors (Lipinski definition) is 0. The topological polar surface area (TPSA) is 0 Å². The van der Waals surface area contributed by atoms with Crippen molar-refractivity contribution in [1.29, 1.82) is 0 Å². The van der Waals surface area contributed by atoms with Gasteiger partial charge in [-0.25, -0.2) is 0 Å². The van der Waals surface area contributed by atoms with Crippen LogP contribution in [0, 0.1) is 18.8 Å². The fourth-order valence-electron chi connectivity index (χ4n) is 1.38. The van der Waals surface area contributed by atoms with Crippen molar-refractivity contribution in [2.45, 2.75) is 71.1 Å². The Labute approximate surface area is 90.5 Å². The molecule has 0 aromatic rings. The maximum absolute atomic E-state index is 3.81. The minimum atomic E-state index is 1.05. The van der Waals surface area contributed by atoms with Crippen molar-refractivity contribution in [3.05, 3.63) is 6.92 Å². The van der Waals surface area contributed by atoms with E-state index in [0.29, 0.717) is 0 Å². The Morgan fingerprint density at radius 3 is 1.93 bits per heavy atom. The van der Waals surface area contributed by atoms with Gasteiger partial charge in [-0.3, -0.25) is 0 Å². The van der Waals surface area contributed by atoms with Crippen LogP contribution >= 0.6 is 0 Å². The van der Waals surface area contributed by atoms with Gasteiger partial charge in [0.2, 0.25) is 0 Å². The lowest BCUT2D eigenvalue weighted by Gasteiger charge is -1.94. The molecule has 0 heteroatoms. The van der Waals surface area contributed by atoms with Gasteiger partial charge in [0, 0.05) is 12.8 Å². The van der Waals surface area contributed by atoms with Gasteiger partial charge in [0.25, 0.3) is 0 Å². The third-order valence-corrected chi connectivity index (χ3v) is 2.33. The summed E-state index contributed by atoms with van der Waals surface area (Å²) in [6.45, 7) is 6.07. The summed E-state index contributed by atoms with van der Waals surface area (Å²) in [7, 11) is 0. The first-order valence-electron chi connectivity index (χ1n) is 6.16. The number of unbranched alkanes of at least 4 members (excludes halogenated alkanes) is 8. The van der Waals surface area contributed by atoms with Crippen LogP contribution in [0.4, 0.5) is 0 Å². The Kier molecular flexibility index (Phi) is 12.2. The molecule has 0 aliphatic carbocycles. The molecule has 81 valence electrons. The Morgan fingerprint density at radius 1 is 0.786 bits per heavy atom. The van der Waals surface area contributed by atoms with Crippen molar-refractivity contribution < 1.29 is 0 Å². The molecule has 1 radical (unpaired) electrons. The molecule has 0 rings (SSSR count). The van der Waals surface area contributed by atoms with Crippen LogP contribution in [0.5, 0.6) is 0 Å². The molecule has 14 heavy (non-hydrogen) atoms. The first kappa shape index (κ1) is 13.6. The lowest BCUT2D eigenvalue weighted by Crippen LogP contribution is -1.76. The third-order valence-electron chi connectivity index (χ3n) is 2.33. The second-order valence-electron chi connectivity index (χ2n) is 3.83. The van der Waals surface area contributed by atoms with Crippen LogP contribution in [-0.2, 0) is 0 Å².